The Morgan fingerprint density at radius 2 is 1.95 bits per heavy atom. The second kappa shape index (κ2) is 5.85. The molecule has 3 aromatic rings. The summed E-state index contributed by atoms with van der Waals surface area (Å²) in [6, 6.07) is 11.6. The van der Waals surface area contributed by atoms with Gasteiger partial charge in [0, 0.05) is 12.4 Å². The number of hydrogen-bond acceptors (Lipinski definition) is 3. The molecule has 2 aromatic heterocycles. The topological polar surface area (TPSA) is 64.7 Å². The number of hydrogen-bond donors (Lipinski definition) is 1. The number of aryl methyl sites for hydroxylation is 1. The Labute approximate surface area is 128 Å². The van der Waals surface area contributed by atoms with E-state index in [2.05, 4.69) is 15.5 Å². The van der Waals surface area contributed by atoms with E-state index in [0.29, 0.717) is 0 Å². The third kappa shape index (κ3) is 2.76. The van der Waals surface area contributed by atoms with E-state index in [-0.39, 0.29) is 12.5 Å². The number of carbonyl (C=O) groups excluding carboxylic acids is 1. The van der Waals surface area contributed by atoms with Crippen molar-refractivity contribution < 1.29 is 4.79 Å². The van der Waals surface area contributed by atoms with Gasteiger partial charge in [0.2, 0.25) is 5.91 Å². The van der Waals surface area contributed by atoms with Crippen LogP contribution in [0.5, 0.6) is 0 Å². The molecule has 0 saturated heterocycles. The highest BCUT2D eigenvalue weighted by molar-refractivity contribution is 5.91. The number of anilines is 1. The summed E-state index contributed by atoms with van der Waals surface area (Å²) in [5, 5.41) is 11.5. The Morgan fingerprint density at radius 3 is 2.64 bits per heavy atom. The zero-order valence-electron chi connectivity index (χ0n) is 12.5. The van der Waals surface area contributed by atoms with Crippen molar-refractivity contribution >= 4 is 11.6 Å². The fourth-order valence-electron chi connectivity index (χ4n) is 2.36. The number of benzene rings is 1. The van der Waals surface area contributed by atoms with Gasteiger partial charge in [-0.2, -0.15) is 10.2 Å². The van der Waals surface area contributed by atoms with Crippen LogP contribution >= 0.6 is 0 Å². The van der Waals surface area contributed by atoms with Gasteiger partial charge >= 0.3 is 0 Å². The van der Waals surface area contributed by atoms with Gasteiger partial charge in [0.1, 0.15) is 6.54 Å². The number of nitrogens with zero attached hydrogens (tertiary/aromatic N) is 4. The van der Waals surface area contributed by atoms with Gasteiger partial charge in [-0.1, -0.05) is 18.2 Å². The predicted molar refractivity (Wildman–Crippen MR) is 83.9 cm³/mol. The maximum atomic E-state index is 12.1. The molecule has 0 aliphatic carbocycles. The lowest BCUT2D eigenvalue weighted by Gasteiger charge is -2.07. The van der Waals surface area contributed by atoms with Crippen LogP contribution < -0.4 is 5.32 Å². The molecule has 0 atom stereocenters. The van der Waals surface area contributed by atoms with Gasteiger partial charge in [-0.25, -0.2) is 4.68 Å². The number of amides is 1. The Balaban J connectivity index is 1.83. The van der Waals surface area contributed by atoms with Crippen LogP contribution in [-0.4, -0.2) is 25.5 Å². The van der Waals surface area contributed by atoms with Crippen molar-refractivity contribution in [2.24, 2.45) is 0 Å². The Kier molecular flexibility index (Phi) is 3.74. The first-order chi connectivity index (χ1) is 10.6. The van der Waals surface area contributed by atoms with Crippen LogP contribution in [0.2, 0.25) is 0 Å². The van der Waals surface area contributed by atoms with Crippen LogP contribution in [-0.2, 0) is 11.3 Å². The summed E-state index contributed by atoms with van der Waals surface area (Å²) in [7, 11) is 0. The molecule has 0 radical (unpaired) electrons. The second-order valence-corrected chi connectivity index (χ2v) is 5.04. The first-order valence-corrected chi connectivity index (χ1v) is 7.04. The quantitative estimate of drug-likeness (QED) is 0.803. The van der Waals surface area contributed by atoms with Gasteiger partial charge in [-0.05, 0) is 32.0 Å². The van der Waals surface area contributed by atoms with Gasteiger partial charge in [0.05, 0.1) is 22.8 Å². The van der Waals surface area contributed by atoms with Gasteiger partial charge in [0.25, 0.3) is 0 Å². The lowest BCUT2D eigenvalue weighted by atomic mass is 10.3. The molecule has 6 heteroatoms. The monoisotopic (exact) mass is 295 g/mol. The molecule has 0 unspecified atom stereocenters. The number of carbonyl (C=O) groups is 1. The summed E-state index contributed by atoms with van der Waals surface area (Å²) in [5.41, 5.74) is 3.41. The Morgan fingerprint density at radius 1 is 1.18 bits per heavy atom. The average Bonchev–Trinajstić information content (AvgIpc) is 3.11. The van der Waals surface area contributed by atoms with Crippen molar-refractivity contribution in [1.29, 1.82) is 0 Å². The molecule has 0 fully saturated rings. The van der Waals surface area contributed by atoms with E-state index in [1.165, 1.54) is 0 Å². The van der Waals surface area contributed by atoms with Gasteiger partial charge in [-0.3, -0.25) is 9.48 Å². The molecule has 0 aliphatic heterocycles. The van der Waals surface area contributed by atoms with Crippen molar-refractivity contribution in [3.8, 4) is 5.69 Å². The van der Waals surface area contributed by atoms with E-state index in [1.54, 1.807) is 23.1 Å². The van der Waals surface area contributed by atoms with Gasteiger partial charge in [0.15, 0.2) is 0 Å². The molecule has 0 aliphatic rings. The fourth-order valence-corrected chi connectivity index (χ4v) is 2.36. The summed E-state index contributed by atoms with van der Waals surface area (Å²) in [6.07, 6.45) is 3.41. The third-order valence-corrected chi connectivity index (χ3v) is 3.42. The van der Waals surface area contributed by atoms with Gasteiger partial charge in [-0.15, -0.1) is 0 Å². The van der Waals surface area contributed by atoms with Gasteiger partial charge < -0.3 is 5.32 Å². The van der Waals surface area contributed by atoms with Crippen LogP contribution in [0.15, 0.2) is 48.8 Å². The Hall–Kier alpha value is -2.89. The summed E-state index contributed by atoms with van der Waals surface area (Å²) in [5.74, 6) is -0.123. The molecule has 3 rings (SSSR count). The van der Waals surface area contributed by atoms with Crippen molar-refractivity contribution in [3.05, 3.63) is 60.2 Å². The maximum Gasteiger partial charge on any atom is 0.246 e. The Bertz CT molecular complexity index is 774. The summed E-state index contributed by atoms with van der Waals surface area (Å²) < 4.78 is 3.42. The molecule has 1 aromatic carbocycles. The normalized spacial score (nSPS) is 10.6. The van der Waals surface area contributed by atoms with E-state index in [0.717, 1.165) is 22.8 Å². The second-order valence-electron chi connectivity index (χ2n) is 5.04. The molecule has 112 valence electrons. The lowest BCUT2D eigenvalue weighted by molar-refractivity contribution is -0.116. The first-order valence-electron chi connectivity index (χ1n) is 7.04. The molecule has 6 nitrogen and oxygen atoms in total. The minimum absolute atomic E-state index is 0.123. The molecular weight excluding hydrogens is 278 g/mol. The van der Waals surface area contributed by atoms with Crippen LogP contribution in [0.3, 0.4) is 0 Å². The molecule has 22 heavy (non-hydrogen) atoms. The number of rotatable bonds is 4. The molecule has 1 N–H and O–H groups in total. The highest BCUT2D eigenvalue weighted by Gasteiger charge is 2.15. The first kappa shape index (κ1) is 14.1. The van der Waals surface area contributed by atoms with E-state index < -0.39 is 0 Å². The molecule has 1 amide bonds. The van der Waals surface area contributed by atoms with E-state index >= 15 is 0 Å². The smallest absolute Gasteiger partial charge is 0.246 e. The molecule has 0 saturated carbocycles. The SMILES string of the molecule is Cc1nn(-c2ccccc2)c(C)c1NC(=O)Cn1cccn1. The number of para-hydroxylation sites is 1. The van der Waals surface area contributed by atoms with Crippen molar-refractivity contribution in [3.63, 3.8) is 0 Å². The van der Waals surface area contributed by atoms with Crippen LogP contribution in [0, 0.1) is 13.8 Å². The lowest BCUT2D eigenvalue weighted by Crippen LogP contribution is -2.19. The molecular formula is C16H17N5O. The largest absolute Gasteiger partial charge is 0.321 e. The van der Waals surface area contributed by atoms with Crippen LogP contribution in [0.1, 0.15) is 11.4 Å². The summed E-state index contributed by atoms with van der Waals surface area (Å²) in [6.45, 7) is 4.01. The maximum absolute atomic E-state index is 12.1. The zero-order chi connectivity index (χ0) is 15.5. The predicted octanol–water partition coefficient (Wildman–Crippen LogP) is 2.32. The summed E-state index contributed by atoms with van der Waals surface area (Å²) >= 11 is 0. The molecule has 0 spiro atoms. The van der Waals surface area contributed by atoms with E-state index in [1.807, 2.05) is 48.9 Å². The van der Waals surface area contributed by atoms with Crippen molar-refractivity contribution in [1.82, 2.24) is 19.6 Å². The third-order valence-electron chi connectivity index (χ3n) is 3.42. The fraction of sp³-hybridized carbons (Fsp3) is 0.188. The molecule has 2 heterocycles. The van der Waals surface area contributed by atoms with E-state index in [4.69, 9.17) is 0 Å². The minimum atomic E-state index is -0.123. The standard InChI is InChI=1S/C16H17N5O/c1-12-16(18-15(22)11-20-10-6-9-17-20)13(2)21(19-12)14-7-4-3-5-8-14/h3-10H,11H2,1-2H3,(H,18,22). The minimum Gasteiger partial charge on any atom is -0.321 e. The highest BCUT2D eigenvalue weighted by Crippen LogP contribution is 2.22. The van der Waals surface area contributed by atoms with Crippen LogP contribution in [0.25, 0.3) is 5.69 Å². The molecule has 0 bridgehead atoms. The highest BCUT2D eigenvalue weighted by atomic mass is 16.2. The van der Waals surface area contributed by atoms with Crippen molar-refractivity contribution in [2.45, 2.75) is 20.4 Å². The van der Waals surface area contributed by atoms with Crippen LogP contribution in [0.4, 0.5) is 5.69 Å². The zero-order valence-corrected chi connectivity index (χ0v) is 12.5. The number of aromatic nitrogens is 4. The summed E-state index contributed by atoms with van der Waals surface area (Å²) in [4.78, 5) is 12.1. The number of nitrogens with one attached hydrogen (secondary N) is 1. The van der Waals surface area contributed by atoms with E-state index in [9.17, 15) is 4.79 Å². The van der Waals surface area contributed by atoms with Crippen molar-refractivity contribution in [2.75, 3.05) is 5.32 Å². The average molecular weight is 295 g/mol.